The van der Waals surface area contributed by atoms with E-state index in [4.69, 9.17) is 16.3 Å². The fraction of sp³-hybridized carbons (Fsp3) is 0.250. The molecule has 0 fully saturated rings. The molecule has 0 atom stereocenters. The molecule has 0 radical (unpaired) electrons. The third-order valence-electron chi connectivity index (χ3n) is 4.21. The number of halogens is 2. The van der Waals surface area contributed by atoms with E-state index in [9.17, 15) is 0 Å². The Morgan fingerprint density at radius 2 is 2.07 bits per heavy atom. The summed E-state index contributed by atoms with van der Waals surface area (Å²) in [6.07, 6.45) is 7.89. The van der Waals surface area contributed by atoms with Crippen molar-refractivity contribution in [3.8, 4) is 11.6 Å². The van der Waals surface area contributed by atoms with E-state index in [1.165, 1.54) is 0 Å². The largest absolute Gasteiger partial charge is 0.497 e. The fourth-order valence-electron chi connectivity index (χ4n) is 2.69. The SMILES string of the molecule is CN=C(NCCc1ccc(OC)cc1Cl)NCc1ccnc(-n2ccnc2)c1.I. The molecule has 3 rings (SSSR count). The average Bonchev–Trinajstić information content (AvgIpc) is 3.26. The maximum atomic E-state index is 6.29. The molecule has 0 aliphatic heterocycles. The van der Waals surface area contributed by atoms with Crippen LogP contribution in [0.15, 0.2) is 60.2 Å². The van der Waals surface area contributed by atoms with Crippen molar-refractivity contribution in [1.29, 1.82) is 0 Å². The topological polar surface area (TPSA) is 76.4 Å². The van der Waals surface area contributed by atoms with Gasteiger partial charge in [-0.25, -0.2) is 9.97 Å². The van der Waals surface area contributed by atoms with Crippen molar-refractivity contribution in [1.82, 2.24) is 25.2 Å². The van der Waals surface area contributed by atoms with E-state index in [1.807, 2.05) is 41.1 Å². The summed E-state index contributed by atoms with van der Waals surface area (Å²) in [6, 6.07) is 9.70. The average molecular weight is 527 g/mol. The summed E-state index contributed by atoms with van der Waals surface area (Å²) in [5.74, 6) is 2.31. The lowest BCUT2D eigenvalue weighted by Crippen LogP contribution is -2.37. The van der Waals surface area contributed by atoms with E-state index in [0.717, 1.165) is 35.1 Å². The molecule has 1 aromatic carbocycles. The van der Waals surface area contributed by atoms with Crippen LogP contribution in [0.5, 0.6) is 5.75 Å². The molecule has 0 spiro atoms. The highest BCUT2D eigenvalue weighted by molar-refractivity contribution is 14.0. The summed E-state index contributed by atoms with van der Waals surface area (Å²) in [5, 5.41) is 7.32. The molecule has 0 unspecified atom stereocenters. The molecule has 0 bridgehead atoms. The Morgan fingerprint density at radius 1 is 1.21 bits per heavy atom. The summed E-state index contributed by atoms with van der Waals surface area (Å²) >= 11 is 6.29. The highest BCUT2D eigenvalue weighted by Gasteiger charge is 2.04. The van der Waals surface area contributed by atoms with Crippen LogP contribution in [0, 0.1) is 0 Å². The molecule has 7 nitrogen and oxygen atoms in total. The number of imidazole rings is 1. The monoisotopic (exact) mass is 526 g/mol. The summed E-state index contributed by atoms with van der Waals surface area (Å²) in [5.41, 5.74) is 2.16. The molecular formula is C20H24ClIN6O. The second-order valence-corrected chi connectivity index (χ2v) is 6.46. The van der Waals surface area contributed by atoms with Crippen LogP contribution < -0.4 is 15.4 Å². The van der Waals surface area contributed by atoms with Crippen molar-refractivity contribution in [3.63, 3.8) is 0 Å². The Bertz CT molecular complexity index is 932. The minimum Gasteiger partial charge on any atom is -0.497 e. The van der Waals surface area contributed by atoms with Crippen molar-refractivity contribution in [3.05, 3.63) is 71.4 Å². The molecular weight excluding hydrogens is 503 g/mol. The lowest BCUT2D eigenvalue weighted by atomic mass is 10.1. The minimum absolute atomic E-state index is 0. The van der Waals surface area contributed by atoms with Gasteiger partial charge in [-0.2, -0.15) is 0 Å². The van der Waals surface area contributed by atoms with E-state index >= 15 is 0 Å². The second-order valence-electron chi connectivity index (χ2n) is 6.05. The third-order valence-corrected chi connectivity index (χ3v) is 4.56. The van der Waals surface area contributed by atoms with Crippen molar-refractivity contribution in [2.45, 2.75) is 13.0 Å². The molecule has 154 valence electrons. The normalized spacial score (nSPS) is 10.9. The maximum absolute atomic E-state index is 6.29. The van der Waals surface area contributed by atoms with Gasteiger partial charge in [-0.15, -0.1) is 24.0 Å². The van der Waals surface area contributed by atoms with Crippen LogP contribution in [0.2, 0.25) is 5.02 Å². The van der Waals surface area contributed by atoms with Gasteiger partial charge in [-0.3, -0.25) is 9.56 Å². The molecule has 0 aliphatic carbocycles. The standard InChI is InChI=1S/C20H23ClN6O.HI/c1-22-20(25-8-6-16-3-4-17(28-2)12-18(16)21)26-13-15-5-7-24-19(11-15)27-10-9-23-14-27;/h3-5,7,9-12,14H,6,8,13H2,1-2H3,(H2,22,25,26);1H. The van der Waals surface area contributed by atoms with Gasteiger partial charge >= 0.3 is 0 Å². The van der Waals surface area contributed by atoms with Crippen molar-refractivity contribution in [2.24, 2.45) is 4.99 Å². The van der Waals surface area contributed by atoms with E-state index < -0.39 is 0 Å². The van der Waals surface area contributed by atoms with Gasteiger partial charge in [-0.05, 0) is 41.8 Å². The summed E-state index contributed by atoms with van der Waals surface area (Å²) in [6.45, 7) is 1.34. The van der Waals surface area contributed by atoms with Gasteiger partial charge in [-0.1, -0.05) is 17.7 Å². The van der Waals surface area contributed by atoms with Gasteiger partial charge in [0.2, 0.25) is 0 Å². The first-order chi connectivity index (χ1) is 13.7. The zero-order chi connectivity index (χ0) is 19.8. The maximum Gasteiger partial charge on any atom is 0.191 e. The van der Waals surface area contributed by atoms with Gasteiger partial charge in [0.1, 0.15) is 17.9 Å². The van der Waals surface area contributed by atoms with E-state index in [-0.39, 0.29) is 24.0 Å². The van der Waals surface area contributed by atoms with Gasteiger partial charge in [0.05, 0.1) is 7.11 Å². The number of rotatable bonds is 7. The first kappa shape index (κ1) is 23.0. The molecule has 2 aromatic heterocycles. The van der Waals surface area contributed by atoms with Crippen LogP contribution in [0.1, 0.15) is 11.1 Å². The third kappa shape index (κ3) is 6.60. The van der Waals surface area contributed by atoms with Gasteiger partial charge in [0.25, 0.3) is 0 Å². The van der Waals surface area contributed by atoms with Crippen LogP contribution in [-0.2, 0) is 13.0 Å². The molecule has 2 heterocycles. The van der Waals surface area contributed by atoms with Crippen LogP contribution in [0.4, 0.5) is 0 Å². The van der Waals surface area contributed by atoms with Crippen molar-refractivity contribution < 1.29 is 4.74 Å². The minimum atomic E-state index is 0. The highest BCUT2D eigenvalue weighted by atomic mass is 127. The summed E-state index contributed by atoms with van der Waals surface area (Å²) < 4.78 is 7.05. The highest BCUT2D eigenvalue weighted by Crippen LogP contribution is 2.22. The molecule has 2 N–H and O–H groups in total. The van der Waals surface area contributed by atoms with Crippen molar-refractivity contribution in [2.75, 3.05) is 20.7 Å². The van der Waals surface area contributed by atoms with Crippen LogP contribution in [0.25, 0.3) is 5.82 Å². The smallest absolute Gasteiger partial charge is 0.191 e. The molecule has 0 aliphatic rings. The Hall–Kier alpha value is -2.33. The predicted molar refractivity (Wildman–Crippen MR) is 127 cm³/mol. The Labute approximate surface area is 192 Å². The van der Waals surface area contributed by atoms with Crippen molar-refractivity contribution >= 4 is 41.5 Å². The number of nitrogens with one attached hydrogen (secondary N) is 2. The van der Waals surface area contributed by atoms with Gasteiger partial charge in [0, 0.05) is 43.8 Å². The number of hydrogen-bond donors (Lipinski definition) is 2. The number of aromatic nitrogens is 3. The predicted octanol–water partition coefficient (Wildman–Crippen LogP) is 3.46. The quantitative estimate of drug-likeness (QED) is 0.280. The number of benzene rings is 1. The lowest BCUT2D eigenvalue weighted by molar-refractivity contribution is 0.414. The Balaban J connectivity index is 0.00000300. The van der Waals surface area contributed by atoms with E-state index in [0.29, 0.717) is 18.1 Å². The lowest BCUT2D eigenvalue weighted by Gasteiger charge is -2.13. The number of hydrogen-bond acceptors (Lipinski definition) is 4. The number of guanidine groups is 1. The van der Waals surface area contributed by atoms with Gasteiger partial charge in [0.15, 0.2) is 5.96 Å². The number of aliphatic imine (C=N–C) groups is 1. The number of methoxy groups -OCH3 is 1. The number of ether oxygens (including phenoxy) is 1. The summed E-state index contributed by atoms with van der Waals surface area (Å²) in [7, 11) is 3.38. The second kappa shape index (κ2) is 11.6. The Kier molecular flexibility index (Phi) is 9.20. The van der Waals surface area contributed by atoms with E-state index in [1.54, 1.807) is 32.9 Å². The summed E-state index contributed by atoms with van der Waals surface area (Å²) in [4.78, 5) is 12.7. The molecule has 0 amide bonds. The Morgan fingerprint density at radius 3 is 2.76 bits per heavy atom. The molecule has 0 saturated carbocycles. The first-order valence-corrected chi connectivity index (χ1v) is 9.27. The van der Waals surface area contributed by atoms with E-state index in [2.05, 4.69) is 25.6 Å². The first-order valence-electron chi connectivity index (χ1n) is 8.90. The molecule has 0 saturated heterocycles. The van der Waals surface area contributed by atoms with Gasteiger partial charge < -0.3 is 15.4 Å². The molecule has 3 aromatic rings. The number of pyridine rings is 1. The molecule has 29 heavy (non-hydrogen) atoms. The zero-order valence-corrected chi connectivity index (χ0v) is 19.4. The van der Waals surface area contributed by atoms with Crippen LogP contribution in [-0.4, -0.2) is 41.2 Å². The van der Waals surface area contributed by atoms with Crippen LogP contribution in [0.3, 0.4) is 0 Å². The number of nitrogens with zero attached hydrogens (tertiary/aromatic N) is 4. The molecule has 9 heteroatoms. The fourth-order valence-corrected chi connectivity index (χ4v) is 2.95. The zero-order valence-electron chi connectivity index (χ0n) is 16.3. The van der Waals surface area contributed by atoms with Crippen LogP contribution >= 0.6 is 35.6 Å².